The van der Waals surface area contributed by atoms with Gasteiger partial charge >= 0.3 is 0 Å². The second-order valence-electron chi connectivity index (χ2n) is 3.72. The molecule has 4 nitrogen and oxygen atoms in total. The molecule has 3 aromatic rings. The van der Waals surface area contributed by atoms with Crippen molar-refractivity contribution in [1.29, 1.82) is 0 Å². The Balaban J connectivity index is 1.85. The van der Waals surface area contributed by atoms with Gasteiger partial charge in [-0.25, -0.2) is 4.98 Å². The lowest BCUT2D eigenvalue weighted by molar-refractivity contribution is 0.690. The van der Waals surface area contributed by atoms with Gasteiger partial charge in [0.05, 0.1) is 27.0 Å². The number of nitrogens with zero attached hydrogens (tertiary/aromatic N) is 3. The summed E-state index contributed by atoms with van der Waals surface area (Å²) in [4.78, 5) is 4.56. The Morgan fingerprint density at radius 2 is 2.18 bits per heavy atom. The Morgan fingerprint density at radius 3 is 2.94 bits per heavy atom. The van der Waals surface area contributed by atoms with Gasteiger partial charge in [-0.05, 0) is 23.7 Å². The molecular formula is C11H10N4S2. The van der Waals surface area contributed by atoms with E-state index >= 15 is 0 Å². The van der Waals surface area contributed by atoms with E-state index in [4.69, 9.17) is 5.73 Å². The highest BCUT2D eigenvalue weighted by molar-refractivity contribution is 7.18. The Bertz CT molecular complexity index is 584. The topological polar surface area (TPSA) is 64.7 Å². The molecule has 17 heavy (non-hydrogen) atoms. The molecule has 2 heterocycles. The fourth-order valence-electron chi connectivity index (χ4n) is 1.63. The molecule has 0 aliphatic carbocycles. The Morgan fingerprint density at radius 1 is 1.29 bits per heavy atom. The normalized spacial score (nSPS) is 13.0. The number of hydrogen-bond acceptors (Lipinski definition) is 6. The quantitative estimate of drug-likeness (QED) is 0.787. The highest BCUT2D eigenvalue weighted by atomic mass is 32.1. The van der Waals surface area contributed by atoms with Crippen molar-refractivity contribution in [3.63, 3.8) is 0 Å². The molecule has 1 unspecified atom stereocenters. The Kier molecular flexibility index (Phi) is 2.84. The number of rotatable bonds is 3. The predicted octanol–water partition coefficient (Wildman–Crippen LogP) is 2.39. The van der Waals surface area contributed by atoms with Crippen molar-refractivity contribution in [2.75, 3.05) is 0 Å². The highest BCUT2D eigenvalue weighted by Gasteiger charge is 2.12. The summed E-state index contributed by atoms with van der Waals surface area (Å²) in [7, 11) is 0. The van der Waals surface area contributed by atoms with Gasteiger partial charge < -0.3 is 5.73 Å². The van der Waals surface area contributed by atoms with E-state index in [0.29, 0.717) is 6.42 Å². The van der Waals surface area contributed by atoms with E-state index in [1.54, 1.807) is 11.3 Å². The average Bonchev–Trinajstić information content (AvgIpc) is 2.97. The van der Waals surface area contributed by atoms with Crippen LogP contribution < -0.4 is 5.73 Å². The van der Waals surface area contributed by atoms with Crippen molar-refractivity contribution in [1.82, 2.24) is 14.6 Å². The van der Waals surface area contributed by atoms with Crippen LogP contribution in [-0.4, -0.2) is 14.6 Å². The molecule has 0 bridgehead atoms. The van der Waals surface area contributed by atoms with Gasteiger partial charge in [-0.1, -0.05) is 16.6 Å². The molecule has 0 aliphatic heterocycles. The van der Waals surface area contributed by atoms with E-state index in [-0.39, 0.29) is 6.04 Å². The van der Waals surface area contributed by atoms with E-state index in [9.17, 15) is 0 Å². The molecule has 0 saturated heterocycles. The summed E-state index contributed by atoms with van der Waals surface area (Å²) in [6.07, 6.45) is 0.713. The Labute approximate surface area is 106 Å². The fraction of sp³-hybridized carbons (Fsp3) is 0.182. The second kappa shape index (κ2) is 4.48. The monoisotopic (exact) mass is 262 g/mol. The van der Waals surface area contributed by atoms with E-state index in [1.165, 1.54) is 16.2 Å². The van der Waals surface area contributed by atoms with Crippen LogP contribution in [0.1, 0.15) is 16.7 Å². The first-order chi connectivity index (χ1) is 8.33. The minimum Gasteiger partial charge on any atom is -0.322 e. The predicted molar refractivity (Wildman–Crippen MR) is 70.2 cm³/mol. The van der Waals surface area contributed by atoms with E-state index in [0.717, 1.165) is 16.2 Å². The van der Waals surface area contributed by atoms with Crippen LogP contribution in [0.3, 0.4) is 0 Å². The maximum absolute atomic E-state index is 6.06. The van der Waals surface area contributed by atoms with Gasteiger partial charge in [0.2, 0.25) is 0 Å². The minimum absolute atomic E-state index is 0.116. The van der Waals surface area contributed by atoms with Crippen molar-refractivity contribution in [2.24, 2.45) is 5.73 Å². The zero-order chi connectivity index (χ0) is 11.7. The molecule has 3 rings (SSSR count). The summed E-state index contributed by atoms with van der Waals surface area (Å²) in [5.41, 5.74) is 7.94. The first-order valence-corrected chi connectivity index (χ1v) is 6.85. The number of thiazole rings is 1. The van der Waals surface area contributed by atoms with Crippen LogP contribution in [0.25, 0.3) is 10.2 Å². The van der Waals surface area contributed by atoms with Crippen molar-refractivity contribution >= 4 is 33.1 Å². The van der Waals surface area contributed by atoms with Crippen LogP contribution in [0.15, 0.2) is 29.6 Å². The molecule has 6 heteroatoms. The smallest absolute Gasteiger partial charge is 0.0958 e. The van der Waals surface area contributed by atoms with Gasteiger partial charge in [-0.3, -0.25) is 0 Å². The lowest BCUT2D eigenvalue weighted by Crippen LogP contribution is -2.13. The van der Waals surface area contributed by atoms with Gasteiger partial charge in [-0.15, -0.1) is 16.4 Å². The molecule has 0 aliphatic rings. The van der Waals surface area contributed by atoms with Gasteiger partial charge in [0.15, 0.2) is 0 Å². The van der Waals surface area contributed by atoms with Crippen LogP contribution in [0.4, 0.5) is 0 Å². The number of aromatic nitrogens is 3. The highest BCUT2D eigenvalue weighted by Crippen LogP contribution is 2.24. The van der Waals surface area contributed by atoms with E-state index in [1.807, 2.05) is 23.6 Å². The molecule has 0 radical (unpaired) electrons. The first kappa shape index (κ1) is 10.8. The summed E-state index contributed by atoms with van der Waals surface area (Å²) < 4.78 is 5.02. The van der Waals surface area contributed by atoms with Gasteiger partial charge in [0, 0.05) is 11.8 Å². The molecule has 1 atom stereocenters. The van der Waals surface area contributed by atoms with Gasteiger partial charge in [0.25, 0.3) is 0 Å². The molecule has 0 amide bonds. The summed E-state index contributed by atoms with van der Waals surface area (Å²) >= 11 is 3.01. The first-order valence-electron chi connectivity index (χ1n) is 5.20. The lowest BCUT2D eigenvalue weighted by atomic mass is 10.2. The summed E-state index contributed by atoms with van der Waals surface area (Å²) in [5, 5.41) is 6.92. The third-order valence-corrected chi connectivity index (χ3v) is 4.07. The molecule has 1 aromatic carbocycles. The van der Waals surface area contributed by atoms with Crippen molar-refractivity contribution < 1.29 is 0 Å². The maximum atomic E-state index is 6.06. The molecule has 0 fully saturated rings. The molecule has 2 aromatic heterocycles. The molecular weight excluding hydrogens is 252 g/mol. The average molecular weight is 262 g/mol. The number of benzene rings is 1. The number of nitrogens with two attached hydrogens (primary N) is 1. The number of hydrogen-bond donors (Lipinski definition) is 1. The van der Waals surface area contributed by atoms with Crippen molar-refractivity contribution in [2.45, 2.75) is 12.5 Å². The van der Waals surface area contributed by atoms with Crippen LogP contribution >= 0.6 is 22.9 Å². The maximum Gasteiger partial charge on any atom is 0.0958 e. The van der Waals surface area contributed by atoms with E-state index in [2.05, 4.69) is 20.6 Å². The molecule has 86 valence electrons. The van der Waals surface area contributed by atoms with E-state index < -0.39 is 0 Å². The molecule has 0 spiro atoms. The van der Waals surface area contributed by atoms with Crippen LogP contribution in [0.5, 0.6) is 0 Å². The zero-order valence-corrected chi connectivity index (χ0v) is 10.5. The summed E-state index contributed by atoms with van der Waals surface area (Å²) in [5.74, 6) is 0. The van der Waals surface area contributed by atoms with Crippen molar-refractivity contribution in [3.05, 3.63) is 40.3 Å². The molecule has 2 N–H and O–H groups in total. The van der Waals surface area contributed by atoms with Gasteiger partial charge in [-0.2, -0.15) is 0 Å². The van der Waals surface area contributed by atoms with Crippen LogP contribution in [0.2, 0.25) is 0 Å². The van der Waals surface area contributed by atoms with Gasteiger partial charge in [0.1, 0.15) is 0 Å². The lowest BCUT2D eigenvalue weighted by Gasteiger charge is -2.04. The minimum atomic E-state index is -0.116. The SMILES string of the molecule is NC(Cc1nc2ccccc2s1)c1csnn1. The number of fused-ring (bicyclic) bond motifs is 1. The van der Waals surface area contributed by atoms with Crippen LogP contribution in [-0.2, 0) is 6.42 Å². The third-order valence-electron chi connectivity index (χ3n) is 2.49. The summed E-state index contributed by atoms with van der Waals surface area (Å²) in [6.45, 7) is 0. The number of para-hydroxylation sites is 1. The third kappa shape index (κ3) is 2.19. The zero-order valence-electron chi connectivity index (χ0n) is 8.91. The largest absolute Gasteiger partial charge is 0.322 e. The summed E-state index contributed by atoms with van der Waals surface area (Å²) in [6, 6.07) is 8.00. The standard InChI is InChI=1S/C11H10N4S2/c12-7(9-6-16-15-14-9)5-11-13-8-3-1-2-4-10(8)17-11/h1-4,6-7H,5,12H2. The molecule has 0 saturated carbocycles. The second-order valence-corrected chi connectivity index (χ2v) is 5.44. The Hall–Kier alpha value is -1.37. The van der Waals surface area contributed by atoms with Crippen LogP contribution in [0, 0.1) is 0 Å². The fourth-order valence-corrected chi connectivity index (χ4v) is 3.18. The van der Waals surface area contributed by atoms with Crippen molar-refractivity contribution in [3.8, 4) is 0 Å².